The van der Waals surface area contributed by atoms with E-state index in [2.05, 4.69) is 15.6 Å². The summed E-state index contributed by atoms with van der Waals surface area (Å²) in [5.41, 5.74) is 0.179. The van der Waals surface area contributed by atoms with E-state index in [1.165, 1.54) is 0 Å². The summed E-state index contributed by atoms with van der Waals surface area (Å²) in [6.07, 6.45) is 2.16. The molecule has 2 N–H and O–H groups in total. The molecule has 0 saturated heterocycles. The monoisotopic (exact) mass is 300 g/mol. The predicted octanol–water partition coefficient (Wildman–Crippen LogP) is 2.79. The number of nitrogens with zero attached hydrogens (tertiary/aromatic N) is 2. The number of imidazole rings is 1. The number of halogens is 3. The van der Waals surface area contributed by atoms with Gasteiger partial charge in [0.1, 0.15) is 11.9 Å². The molecule has 21 heavy (non-hydrogen) atoms. The molecule has 0 aromatic carbocycles. The van der Waals surface area contributed by atoms with Crippen molar-refractivity contribution in [1.29, 1.82) is 0 Å². The molecule has 1 atom stereocenters. The molecule has 1 aromatic rings. The Balaban J connectivity index is 2.28. The van der Waals surface area contributed by atoms with Gasteiger partial charge in [-0.3, -0.25) is 0 Å². The number of hydrogen-bond donors (Lipinski definition) is 2. The zero-order valence-corrected chi connectivity index (χ0v) is 12.2. The normalized spacial score (nSPS) is 18.8. The van der Waals surface area contributed by atoms with E-state index in [4.69, 9.17) is 0 Å². The van der Waals surface area contributed by atoms with Gasteiger partial charge >= 0.3 is 6.18 Å². The molecule has 2 rings (SSSR count). The number of likely N-dealkylation sites (N-methyl/N-ethyl adjacent to an activating group) is 1. The molecule has 1 aliphatic rings. The number of hydrogen-bond acceptors (Lipinski definition) is 3. The predicted molar refractivity (Wildman–Crippen MR) is 74.6 cm³/mol. The summed E-state index contributed by atoms with van der Waals surface area (Å²) in [6, 6.07) is -0.453. The lowest BCUT2D eigenvalue weighted by atomic mass is 10.1. The summed E-state index contributed by atoms with van der Waals surface area (Å²) in [5, 5.41) is 6.11. The van der Waals surface area contributed by atoms with Crippen LogP contribution in [0, 0.1) is 0 Å². The highest BCUT2D eigenvalue weighted by Gasteiger charge is 2.36. The van der Waals surface area contributed by atoms with Crippen LogP contribution in [0.25, 0.3) is 0 Å². The maximum atomic E-state index is 12.8. The summed E-state index contributed by atoms with van der Waals surface area (Å²) >= 11 is 0. The summed E-state index contributed by atoms with van der Waals surface area (Å²) in [6.45, 7) is 4.36. The molecule has 0 aliphatic carbocycles. The minimum Gasteiger partial charge on any atom is -0.378 e. The number of rotatable bonds is 4. The summed E-state index contributed by atoms with van der Waals surface area (Å²) in [4.78, 5) is 3.78. The molecule has 0 fully saturated rings. The molecule has 1 aliphatic heterocycles. The molecular weight excluding hydrogens is 281 g/mol. The van der Waals surface area contributed by atoms with Gasteiger partial charge in [0.05, 0.1) is 0 Å². The van der Waals surface area contributed by atoms with E-state index in [-0.39, 0.29) is 12.1 Å². The van der Waals surface area contributed by atoms with Gasteiger partial charge in [0, 0.05) is 25.0 Å². The fraction of sp³-hybridized carbons (Fsp3) is 0.500. The largest absolute Gasteiger partial charge is 0.434 e. The van der Waals surface area contributed by atoms with E-state index < -0.39 is 11.9 Å². The Morgan fingerprint density at radius 2 is 2.14 bits per heavy atom. The smallest absolute Gasteiger partial charge is 0.378 e. The SMILES string of the molecule is CNCC1=CNC(c2nc(C(F)(F)F)cn2C(C)C)C=C1. The standard InChI is InChI=1S/C14H19F3N4/c1-9(2)21-8-12(14(15,16)17)20-13(21)11-5-4-10(6-18-3)7-19-11/h4-5,7-9,11,18-19H,6H2,1-3H3. The van der Waals surface area contributed by atoms with E-state index >= 15 is 0 Å². The van der Waals surface area contributed by atoms with E-state index in [0.29, 0.717) is 12.4 Å². The van der Waals surface area contributed by atoms with Crippen molar-refractivity contribution < 1.29 is 13.2 Å². The molecule has 0 saturated carbocycles. The van der Waals surface area contributed by atoms with Gasteiger partial charge in [-0.05, 0) is 26.5 Å². The van der Waals surface area contributed by atoms with Crippen LogP contribution in [-0.2, 0) is 6.18 Å². The van der Waals surface area contributed by atoms with Crippen LogP contribution in [0.3, 0.4) is 0 Å². The maximum Gasteiger partial charge on any atom is 0.434 e. The average Bonchev–Trinajstić information content (AvgIpc) is 2.85. The maximum absolute atomic E-state index is 12.8. The van der Waals surface area contributed by atoms with Crippen LogP contribution in [0.15, 0.2) is 30.1 Å². The fourth-order valence-electron chi connectivity index (χ4n) is 2.18. The van der Waals surface area contributed by atoms with Crippen molar-refractivity contribution in [1.82, 2.24) is 20.2 Å². The van der Waals surface area contributed by atoms with Crippen LogP contribution in [-0.4, -0.2) is 23.1 Å². The Bertz CT molecular complexity index is 555. The van der Waals surface area contributed by atoms with Crippen LogP contribution in [0.4, 0.5) is 13.2 Å². The molecule has 1 unspecified atom stereocenters. The topological polar surface area (TPSA) is 41.9 Å². The number of alkyl halides is 3. The number of nitrogens with one attached hydrogen (secondary N) is 2. The second-order valence-electron chi connectivity index (χ2n) is 5.24. The first kappa shape index (κ1) is 15.6. The Morgan fingerprint density at radius 1 is 1.43 bits per heavy atom. The highest BCUT2D eigenvalue weighted by Crippen LogP contribution is 2.31. The summed E-state index contributed by atoms with van der Waals surface area (Å²) in [7, 11) is 1.84. The van der Waals surface area contributed by atoms with E-state index in [1.54, 1.807) is 10.8 Å². The van der Waals surface area contributed by atoms with Gasteiger partial charge in [-0.25, -0.2) is 4.98 Å². The van der Waals surface area contributed by atoms with Crippen molar-refractivity contribution in [3.8, 4) is 0 Å². The summed E-state index contributed by atoms with van der Waals surface area (Å²) in [5.74, 6) is 0.369. The highest BCUT2D eigenvalue weighted by atomic mass is 19.4. The molecule has 0 radical (unpaired) electrons. The summed E-state index contributed by atoms with van der Waals surface area (Å²) < 4.78 is 40.1. The highest BCUT2D eigenvalue weighted by molar-refractivity contribution is 5.28. The van der Waals surface area contributed by atoms with Gasteiger partial charge in [0.2, 0.25) is 0 Å². The average molecular weight is 300 g/mol. The lowest BCUT2D eigenvalue weighted by molar-refractivity contribution is -0.141. The molecular formula is C14H19F3N4. The van der Waals surface area contributed by atoms with Crippen molar-refractivity contribution in [2.45, 2.75) is 32.1 Å². The Morgan fingerprint density at radius 3 is 2.62 bits per heavy atom. The van der Waals surface area contributed by atoms with Gasteiger partial charge in [0.15, 0.2) is 5.69 Å². The molecule has 2 heterocycles. The third-order valence-electron chi connectivity index (χ3n) is 3.22. The quantitative estimate of drug-likeness (QED) is 0.898. The number of aromatic nitrogens is 2. The first-order valence-electron chi connectivity index (χ1n) is 6.76. The molecule has 0 amide bonds. The first-order valence-corrected chi connectivity index (χ1v) is 6.76. The number of dihydropyridines is 1. The third-order valence-corrected chi connectivity index (χ3v) is 3.22. The minimum atomic E-state index is -4.43. The van der Waals surface area contributed by atoms with E-state index in [9.17, 15) is 13.2 Å². The van der Waals surface area contributed by atoms with Crippen molar-refractivity contribution in [2.75, 3.05) is 13.6 Å². The Hall–Kier alpha value is -1.76. The molecule has 116 valence electrons. The lowest BCUT2D eigenvalue weighted by Gasteiger charge is -2.21. The van der Waals surface area contributed by atoms with Crippen molar-refractivity contribution in [2.24, 2.45) is 0 Å². The van der Waals surface area contributed by atoms with Crippen LogP contribution in [0.5, 0.6) is 0 Å². The fourth-order valence-corrected chi connectivity index (χ4v) is 2.18. The second kappa shape index (κ2) is 5.93. The Labute approximate surface area is 121 Å². The van der Waals surface area contributed by atoms with Crippen molar-refractivity contribution in [3.63, 3.8) is 0 Å². The van der Waals surface area contributed by atoms with Crippen LogP contribution >= 0.6 is 0 Å². The molecule has 0 spiro atoms. The van der Waals surface area contributed by atoms with Gasteiger partial charge < -0.3 is 15.2 Å². The van der Waals surface area contributed by atoms with Crippen LogP contribution in [0.1, 0.15) is 37.4 Å². The zero-order chi connectivity index (χ0) is 15.6. The van der Waals surface area contributed by atoms with Crippen molar-refractivity contribution >= 4 is 0 Å². The second-order valence-corrected chi connectivity index (χ2v) is 5.24. The van der Waals surface area contributed by atoms with E-state index in [1.807, 2.05) is 33.0 Å². The van der Waals surface area contributed by atoms with Crippen LogP contribution < -0.4 is 10.6 Å². The van der Waals surface area contributed by atoms with Gasteiger partial charge in [-0.15, -0.1) is 0 Å². The molecule has 0 bridgehead atoms. The third kappa shape index (κ3) is 3.47. The molecule has 7 heteroatoms. The van der Waals surface area contributed by atoms with E-state index in [0.717, 1.165) is 11.8 Å². The molecule has 4 nitrogen and oxygen atoms in total. The van der Waals surface area contributed by atoms with Gasteiger partial charge in [0.25, 0.3) is 0 Å². The van der Waals surface area contributed by atoms with Crippen molar-refractivity contribution in [3.05, 3.63) is 41.6 Å². The first-order chi connectivity index (χ1) is 9.82. The van der Waals surface area contributed by atoms with Crippen LogP contribution in [0.2, 0.25) is 0 Å². The minimum absolute atomic E-state index is 0.0958. The van der Waals surface area contributed by atoms with Gasteiger partial charge in [-0.1, -0.05) is 12.2 Å². The molecule has 1 aromatic heterocycles. The van der Waals surface area contributed by atoms with Gasteiger partial charge in [-0.2, -0.15) is 13.2 Å². The lowest BCUT2D eigenvalue weighted by Crippen LogP contribution is -2.23. The Kier molecular flexibility index (Phi) is 4.41. The zero-order valence-electron chi connectivity index (χ0n) is 12.2.